The molecular weight excluding hydrogens is 266 g/mol. The molecule has 0 unspecified atom stereocenters. The number of carbonyl (C=O) groups is 1. The minimum absolute atomic E-state index is 0.143. The SMILES string of the molecule is Cc1cc(NN)c(C(=O)NCCN(C)C2CCCC2)cn1. The highest BCUT2D eigenvalue weighted by molar-refractivity contribution is 5.99. The number of anilines is 1. The van der Waals surface area contributed by atoms with Crippen molar-refractivity contribution in [3.8, 4) is 0 Å². The Hall–Kier alpha value is -1.66. The summed E-state index contributed by atoms with van der Waals surface area (Å²) in [6.45, 7) is 3.35. The van der Waals surface area contributed by atoms with Crippen LogP contribution >= 0.6 is 0 Å². The predicted octanol–water partition coefficient (Wildman–Crippen LogP) is 1.28. The van der Waals surface area contributed by atoms with E-state index >= 15 is 0 Å². The quantitative estimate of drug-likeness (QED) is 0.543. The second-order valence-electron chi connectivity index (χ2n) is 5.69. The van der Waals surface area contributed by atoms with Crippen LogP contribution in [0.1, 0.15) is 41.7 Å². The molecule has 21 heavy (non-hydrogen) atoms. The maximum Gasteiger partial charge on any atom is 0.255 e. The Morgan fingerprint density at radius 3 is 2.86 bits per heavy atom. The molecule has 0 saturated heterocycles. The molecule has 0 aromatic carbocycles. The van der Waals surface area contributed by atoms with E-state index in [-0.39, 0.29) is 5.91 Å². The Labute approximate surface area is 126 Å². The van der Waals surface area contributed by atoms with Gasteiger partial charge in [-0.05, 0) is 32.9 Å². The molecule has 1 aliphatic rings. The van der Waals surface area contributed by atoms with Crippen molar-refractivity contribution in [2.24, 2.45) is 5.84 Å². The molecule has 4 N–H and O–H groups in total. The third-order valence-electron chi connectivity index (χ3n) is 4.14. The third-order valence-corrected chi connectivity index (χ3v) is 4.14. The molecule has 1 amide bonds. The molecule has 1 aromatic heterocycles. The van der Waals surface area contributed by atoms with Gasteiger partial charge in [-0.25, -0.2) is 0 Å². The summed E-state index contributed by atoms with van der Waals surface area (Å²) in [5.41, 5.74) is 4.45. The summed E-state index contributed by atoms with van der Waals surface area (Å²) in [7, 11) is 2.13. The van der Waals surface area contributed by atoms with Gasteiger partial charge in [0.1, 0.15) is 0 Å². The Morgan fingerprint density at radius 1 is 1.48 bits per heavy atom. The summed E-state index contributed by atoms with van der Waals surface area (Å²) in [4.78, 5) is 18.7. The third kappa shape index (κ3) is 4.15. The van der Waals surface area contributed by atoms with Crippen LogP contribution in [0, 0.1) is 6.92 Å². The first-order valence-corrected chi connectivity index (χ1v) is 7.53. The van der Waals surface area contributed by atoms with Gasteiger partial charge in [-0.15, -0.1) is 0 Å². The highest BCUT2D eigenvalue weighted by Gasteiger charge is 2.19. The van der Waals surface area contributed by atoms with E-state index < -0.39 is 0 Å². The number of hydrazine groups is 1. The molecule has 116 valence electrons. The lowest BCUT2D eigenvalue weighted by Gasteiger charge is -2.24. The van der Waals surface area contributed by atoms with Crippen LogP contribution in [-0.2, 0) is 0 Å². The molecule has 0 spiro atoms. The Kier molecular flexibility index (Phi) is 5.52. The minimum atomic E-state index is -0.143. The molecule has 1 aromatic rings. The van der Waals surface area contributed by atoms with Crippen molar-refractivity contribution in [2.75, 3.05) is 25.6 Å². The minimum Gasteiger partial charge on any atom is -0.351 e. The molecule has 0 aliphatic heterocycles. The van der Waals surface area contributed by atoms with E-state index in [9.17, 15) is 4.79 Å². The van der Waals surface area contributed by atoms with Gasteiger partial charge in [-0.2, -0.15) is 0 Å². The van der Waals surface area contributed by atoms with Crippen LogP contribution in [0.5, 0.6) is 0 Å². The number of nitrogens with two attached hydrogens (primary N) is 1. The first-order valence-electron chi connectivity index (χ1n) is 7.53. The molecular formula is C15H25N5O. The number of rotatable bonds is 6. The van der Waals surface area contributed by atoms with Crippen LogP contribution in [0.3, 0.4) is 0 Å². The van der Waals surface area contributed by atoms with Gasteiger partial charge in [-0.3, -0.25) is 15.6 Å². The number of hydrogen-bond donors (Lipinski definition) is 3. The molecule has 0 bridgehead atoms. The summed E-state index contributed by atoms with van der Waals surface area (Å²) >= 11 is 0. The van der Waals surface area contributed by atoms with Crippen molar-refractivity contribution >= 4 is 11.6 Å². The topological polar surface area (TPSA) is 83.3 Å². The molecule has 0 atom stereocenters. The Morgan fingerprint density at radius 2 is 2.19 bits per heavy atom. The molecule has 1 saturated carbocycles. The van der Waals surface area contributed by atoms with Crippen molar-refractivity contribution in [1.82, 2.24) is 15.2 Å². The van der Waals surface area contributed by atoms with E-state index in [4.69, 9.17) is 5.84 Å². The first kappa shape index (κ1) is 15.7. The van der Waals surface area contributed by atoms with Gasteiger partial charge in [0.25, 0.3) is 5.91 Å². The number of nitrogens with zero attached hydrogens (tertiary/aromatic N) is 2. The average Bonchev–Trinajstić information content (AvgIpc) is 3.01. The number of carbonyl (C=O) groups excluding carboxylic acids is 1. The molecule has 1 aliphatic carbocycles. The largest absolute Gasteiger partial charge is 0.351 e. The Balaban J connectivity index is 1.84. The standard InChI is InChI=1S/C15H25N5O/c1-11-9-14(19-16)13(10-18-11)15(21)17-7-8-20(2)12-5-3-4-6-12/h9-10,12H,3-8,16H2,1-2H3,(H,17,21)(H,18,19). The molecule has 0 radical (unpaired) electrons. The number of hydrogen-bond acceptors (Lipinski definition) is 5. The monoisotopic (exact) mass is 291 g/mol. The van der Waals surface area contributed by atoms with E-state index in [0.717, 1.165) is 12.2 Å². The first-order chi connectivity index (χ1) is 10.1. The normalized spacial score (nSPS) is 15.4. The lowest BCUT2D eigenvalue weighted by Crippen LogP contribution is -2.37. The fourth-order valence-corrected chi connectivity index (χ4v) is 2.83. The van der Waals surface area contributed by atoms with Crippen LogP contribution in [-0.4, -0.2) is 42.0 Å². The van der Waals surface area contributed by atoms with Gasteiger partial charge < -0.3 is 15.6 Å². The number of nitrogen functional groups attached to an aromatic ring is 1. The highest BCUT2D eigenvalue weighted by Crippen LogP contribution is 2.21. The van der Waals surface area contributed by atoms with Crippen molar-refractivity contribution in [3.05, 3.63) is 23.5 Å². The second kappa shape index (κ2) is 7.38. The second-order valence-corrected chi connectivity index (χ2v) is 5.69. The lowest BCUT2D eigenvalue weighted by molar-refractivity contribution is 0.0947. The summed E-state index contributed by atoms with van der Waals surface area (Å²) in [5.74, 6) is 5.31. The van der Waals surface area contributed by atoms with Gasteiger partial charge >= 0.3 is 0 Å². The molecule has 6 heteroatoms. The van der Waals surface area contributed by atoms with Crippen molar-refractivity contribution in [2.45, 2.75) is 38.6 Å². The van der Waals surface area contributed by atoms with E-state index in [1.165, 1.54) is 25.7 Å². The fourth-order valence-electron chi connectivity index (χ4n) is 2.83. The van der Waals surface area contributed by atoms with E-state index in [1.54, 1.807) is 12.3 Å². The van der Waals surface area contributed by atoms with E-state index in [2.05, 4.69) is 27.7 Å². The summed E-state index contributed by atoms with van der Waals surface area (Å²) in [6, 6.07) is 2.43. The summed E-state index contributed by atoms with van der Waals surface area (Å²) in [6.07, 6.45) is 6.74. The van der Waals surface area contributed by atoms with Crippen LogP contribution in [0.25, 0.3) is 0 Å². The zero-order valence-electron chi connectivity index (χ0n) is 12.9. The van der Waals surface area contributed by atoms with E-state index in [1.807, 2.05) is 6.92 Å². The molecule has 1 heterocycles. The molecule has 1 fully saturated rings. The zero-order valence-corrected chi connectivity index (χ0v) is 12.9. The zero-order chi connectivity index (χ0) is 15.2. The number of nitrogens with one attached hydrogen (secondary N) is 2. The van der Waals surface area contributed by atoms with Gasteiger partial charge in [0.15, 0.2) is 0 Å². The number of likely N-dealkylation sites (N-methyl/N-ethyl adjacent to an activating group) is 1. The van der Waals surface area contributed by atoms with Gasteiger partial charge in [0.05, 0.1) is 11.3 Å². The number of aryl methyl sites for hydroxylation is 1. The summed E-state index contributed by atoms with van der Waals surface area (Å²) < 4.78 is 0. The van der Waals surface area contributed by atoms with Crippen molar-refractivity contribution < 1.29 is 4.79 Å². The van der Waals surface area contributed by atoms with Crippen LogP contribution < -0.4 is 16.6 Å². The van der Waals surface area contributed by atoms with Crippen LogP contribution in [0.4, 0.5) is 5.69 Å². The fraction of sp³-hybridized carbons (Fsp3) is 0.600. The smallest absolute Gasteiger partial charge is 0.255 e. The number of amides is 1. The van der Waals surface area contributed by atoms with Crippen molar-refractivity contribution in [3.63, 3.8) is 0 Å². The van der Waals surface area contributed by atoms with E-state index in [0.29, 0.717) is 23.8 Å². The predicted molar refractivity (Wildman–Crippen MR) is 84.0 cm³/mol. The van der Waals surface area contributed by atoms with Gasteiger partial charge in [-0.1, -0.05) is 12.8 Å². The molecule has 2 rings (SSSR count). The number of aromatic nitrogens is 1. The van der Waals surface area contributed by atoms with Gasteiger partial charge in [0.2, 0.25) is 0 Å². The maximum atomic E-state index is 12.2. The summed E-state index contributed by atoms with van der Waals surface area (Å²) in [5, 5.41) is 2.93. The van der Waals surface area contributed by atoms with Crippen molar-refractivity contribution in [1.29, 1.82) is 0 Å². The lowest BCUT2D eigenvalue weighted by atomic mass is 10.2. The van der Waals surface area contributed by atoms with Crippen LogP contribution in [0.2, 0.25) is 0 Å². The highest BCUT2D eigenvalue weighted by atomic mass is 16.1. The Bertz CT molecular complexity index is 485. The number of pyridine rings is 1. The van der Waals surface area contributed by atoms with Crippen LogP contribution in [0.15, 0.2) is 12.3 Å². The maximum absolute atomic E-state index is 12.2. The van der Waals surface area contributed by atoms with Gasteiger partial charge in [0, 0.05) is 31.0 Å². The molecule has 6 nitrogen and oxygen atoms in total. The average molecular weight is 291 g/mol.